The summed E-state index contributed by atoms with van der Waals surface area (Å²) in [6.45, 7) is 0. The maximum Gasteiger partial charge on any atom is 0.191 e. The van der Waals surface area contributed by atoms with Crippen molar-refractivity contribution in [3.05, 3.63) is 28.1 Å². The lowest BCUT2D eigenvalue weighted by molar-refractivity contribution is 0.0994. The van der Waals surface area contributed by atoms with Crippen molar-refractivity contribution in [2.45, 2.75) is 6.42 Å². The molecule has 0 spiro atoms. The van der Waals surface area contributed by atoms with Crippen LogP contribution < -0.4 is 5.73 Å². The molecule has 5 nitrogen and oxygen atoms in total. The minimum Gasteiger partial charge on any atom is -0.379 e. The van der Waals surface area contributed by atoms with E-state index < -0.39 is 0 Å². The Morgan fingerprint density at radius 2 is 2.43 bits per heavy atom. The number of carbonyl (C=O) groups excluding carboxylic acids is 1. The van der Waals surface area contributed by atoms with E-state index in [1.54, 1.807) is 6.07 Å². The van der Waals surface area contributed by atoms with Crippen LogP contribution in [-0.4, -0.2) is 16.1 Å². The van der Waals surface area contributed by atoms with Gasteiger partial charge in [0.05, 0.1) is 11.3 Å². The van der Waals surface area contributed by atoms with E-state index in [-0.39, 0.29) is 18.0 Å². The first-order chi connectivity index (χ1) is 6.77. The number of Topliss-reactive ketones (excluding diaryl/α,β-unsaturated/α-hetero) is 1. The lowest BCUT2D eigenvalue weighted by atomic mass is 10.2. The van der Waals surface area contributed by atoms with Gasteiger partial charge in [-0.25, -0.2) is 4.63 Å². The molecule has 2 aromatic rings. The maximum absolute atomic E-state index is 11.6. The summed E-state index contributed by atoms with van der Waals surface area (Å²) >= 11 is 1.39. The molecular weight excluding hydrogens is 202 g/mol. The van der Waals surface area contributed by atoms with Crippen molar-refractivity contribution >= 4 is 22.9 Å². The number of nitrogen functional groups attached to an aromatic ring is 1. The topological polar surface area (TPSA) is 82.0 Å². The Hall–Kier alpha value is -1.69. The monoisotopic (exact) mass is 209 g/mol. The standard InChI is InChI=1S/C8H7N3O2S/c9-8-5(10-13-11-8)4-6(12)7-2-1-3-14-7/h1-3H,4H2,(H2,9,11). The van der Waals surface area contributed by atoms with E-state index in [2.05, 4.69) is 14.9 Å². The highest BCUT2D eigenvalue weighted by Crippen LogP contribution is 2.14. The average Bonchev–Trinajstić information content (AvgIpc) is 2.77. The molecule has 0 amide bonds. The van der Waals surface area contributed by atoms with Crippen LogP contribution >= 0.6 is 11.3 Å². The summed E-state index contributed by atoms with van der Waals surface area (Å²) in [5, 5.41) is 8.78. The second-order valence-electron chi connectivity index (χ2n) is 2.67. The molecule has 2 rings (SSSR count). The molecule has 2 heterocycles. The van der Waals surface area contributed by atoms with Gasteiger partial charge in [0, 0.05) is 0 Å². The van der Waals surface area contributed by atoms with Crippen LogP contribution in [0, 0.1) is 0 Å². The molecule has 0 aliphatic carbocycles. The van der Waals surface area contributed by atoms with Crippen LogP contribution in [0.5, 0.6) is 0 Å². The van der Waals surface area contributed by atoms with Crippen LogP contribution in [0.3, 0.4) is 0 Å². The number of aromatic nitrogens is 2. The summed E-state index contributed by atoms with van der Waals surface area (Å²) < 4.78 is 4.39. The first kappa shape index (κ1) is 8.89. The fourth-order valence-corrected chi connectivity index (χ4v) is 1.68. The quantitative estimate of drug-likeness (QED) is 0.766. The van der Waals surface area contributed by atoms with Gasteiger partial charge < -0.3 is 5.73 Å². The predicted octanol–water partition coefficient (Wildman–Crippen LogP) is 1.14. The van der Waals surface area contributed by atoms with E-state index in [0.717, 1.165) is 0 Å². The van der Waals surface area contributed by atoms with Crippen molar-refractivity contribution in [2.75, 3.05) is 5.73 Å². The number of ketones is 1. The number of hydrogen-bond acceptors (Lipinski definition) is 6. The van der Waals surface area contributed by atoms with E-state index in [1.165, 1.54) is 11.3 Å². The normalized spacial score (nSPS) is 10.3. The molecule has 72 valence electrons. The zero-order chi connectivity index (χ0) is 9.97. The number of carbonyl (C=O) groups is 1. The minimum absolute atomic E-state index is 0.0256. The van der Waals surface area contributed by atoms with Crippen LogP contribution in [0.2, 0.25) is 0 Å². The fourth-order valence-electron chi connectivity index (χ4n) is 1.01. The number of thiophene rings is 1. The van der Waals surface area contributed by atoms with Crippen molar-refractivity contribution in [3.63, 3.8) is 0 Å². The smallest absolute Gasteiger partial charge is 0.191 e. The van der Waals surface area contributed by atoms with Crippen molar-refractivity contribution in [3.8, 4) is 0 Å². The van der Waals surface area contributed by atoms with Gasteiger partial charge in [-0.1, -0.05) is 11.2 Å². The second-order valence-corrected chi connectivity index (χ2v) is 3.62. The number of nitrogens with zero attached hydrogens (tertiary/aromatic N) is 2. The minimum atomic E-state index is -0.0256. The molecule has 0 radical (unpaired) electrons. The lowest BCUT2D eigenvalue weighted by Crippen LogP contribution is -2.03. The summed E-state index contributed by atoms with van der Waals surface area (Å²) in [7, 11) is 0. The summed E-state index contributed by atoms with van der Waals surface area (Å²) in [6, 6.07) is 3.58. The molecule has 0 aromatic carbocycles. The molecule has 0 unspecified atom stereocenters. The van der Waals surface area contributed by atoms with Gasteiger partial charge in [0.15, 0.2) is 11.6 Å². The highest BCUT2D eigenvalue weighted by atomic mass is 32.1. The van der Waals surface area contributed by atoms with Crippen LogP contribution in [-0.2, 0) is 6.42 Å². The van der Waals surface area contributed by atoms with E-state index in [9.17, 15) is 4.79 Å². The molecular formula is C8H7N3O2S. The van der Waals surface area contributed by atoms with Gasteiger partial charge in [-0.05, 0) is 16.6 Å². The van der Waals surface area contributed by atoms with E-state index in [4.69, 9.17) is 5.73 Å². The third-order valence-corrected chi connectivity index (χ3v) is 2.62. The van der Waals surface area contributed by atoms with Crippen LogP contribution in [0.4, 0.5) is 5.82 Å². The van der Waals surface area contributed by atoms with E-state index >= 15 is 0 Å². The maximum atomic E-state index is 11.6. The lowest BCUT2D eigenvalue weighted by Gasteiger charge is -1.92. The third-order valence-electron chi connectivity index (χ3n) is 1.71. The zero-order valence-corrected chi connectivity index (χ0v) is 7.95. The van der Waals surface area contributed by atoms with Crippen molar-refractivity contribution in [1.82, 2.24) is 10.3 Å². The molecule has 0 saturated heterocycles. The Morgan fingerprint density at radius 3 is 3.00 bits per heavy atom. The molecule has 0 atom stereocenters. The fraction of sp³-hybridized carbons (Fsp3) is 0.125. The number of anilines is 1. The largest absolute Gasteiger partial charge is 0.379 e. The molecule has 14 heavy (non-hydrogen) atoms. The predicted molar refractivity (Wildman–Crippen MR) is 51.1 cm³/mol. The number of hydrogen-bond donors (Lipinski definition) is 1. The first-order valence-corrected chi connectivity index (χ1v) is 4.79. The van der Waals surface area contributed by atoms with Gasteiger partial charge in [0.1, 0.15) is 5.69 Å². The highest BCUT2D eigenvalue weighted by Gasteiger charge is 2.13. The Labute approximate surface area is 83.5 Å². The number of nitrogens with two attached hydrogens (primary N) is 1. The molecule has 0 aliphatic heterocycles. The second kappa shape index (κ2) is 3.59. The first-order valence-electron chi connectivity index (χ1n) is 3.91. The SMILES string of the molecule is Nc1nonc1CC(=O)c1cccs1. The molecule has 6 heteroatoms. The summed E-state index contributed by atoms with van der Waals surface area (Å²) in [5.74, 6) is 0.150. The Morgan fingerprint density at radius 1 is 1.57 bits per heavy atom. The molecule has 0 saturated carbocycles. The molecule has 2 aromatic heterocycles. The van der Waals surface area contributed by atoms with Crippen molar-refractivity contribution in [1.29, 1.82) is 0 Å². The van der Waals surface area contributed by atoms with Gasteiger partial charge in [-0.3, -0.25) is 4.79 Å². The van der Waals surface area contributed by atoms with E-state index in [1.807, 2.05) is 11.4 Å². The van der Waals surface area contributed by atoms with Gasteiger partial charge in [-0.2, -0.15) is 0 Å². The van der Waals surface area contributed by atoms with Crippen molar-refractivity contribution in [2.24, 2.45) is 0 Å². The van der Waals surface area contributed by atoms with Crippen molar-refractivity contribution < 1.29 is 9.42 Å². The third kappa shape index (κ3) is 1.64. The van der Waals surface area contributed by atoms with Gasteiger partial charge >= 0.3 is 0 Å². The molecule has 2 N–H and O–H groups in total. The Balaban J connectivity index is 2.13. The van der Waals surface area contributed by atoms with Gasteiger partial charge in [0.25, 0.3) is 0 Å². The Kier molecular flexibility index (Phi) is 2.28. The highest BCUT2D eigenvalue weighted by molar-refractivity contribution is 7.12. The molecule has 0 aliphatic rings. The molecule has 0 fully saturated rings. The summed E-state index contributed by atoms with van der Waals surface area (Å²) in [4.78, 5) is 12.3. The number of rotatable bonds is 3. The van der Waals surface area contributed by atoms with Gasteiger partial charge in [-0.15, -0.1) is 11.3 Å². The van der Waals surface area contributed by atoms with Gasteiger partial charge in [0.2, 0.25) is 0 Å². The van der Waals surface area contributed by atoms with Crippen LogP contribution in [0.25, 0.3) is 0 Å². The molecule has 0 bridgehead atoms. The van der Waals surface area contributed by atoms with Crippen LogP contribution in [0.1, 0.15) is 15.4 Å². The summed E-state index contributed by atoms with van der Waals surface area (Å²) in [5.41, 5.74) is 5.82. The summed E-state index contributed by atoms with van der Waals surface area (Å²) in [6.07, 6.45) is 0.135. The average molecular weight is 209 g/mol. The van der Waals surface area contributed by atoms with Crippen LogP contribution in [0.15, 0.2) is 22.1 Å². The zero-order valence-electron chi connectivity index (χ0n) is 7.14. The van der Waals surface area contributed by atoms with E-state index in [0.29, 0.717) is 10.6 Å². The Bertz CT molecular complexity index is 435.